The summed E-state index contributed by atoms with van der Waals surface area (Å²) in [6.07, 6.45) is 11.8. The lowest BCUT2D eigenvalue weighted by Crippen LogP contribution is -2.61. The molecule has 14 nitrogen and oxygen atoms in total. The van der Waals surface area contributed by atoms with Gasteiger partial charge in [0, 0.05) is 18.8 Å². The standard InChI is InChI=1S/C33H47N7O7/c34-32(37-40(45)46)35-25-8-5-21(6-9-25)7-10-27(31(44)47-14-11-33-18-22-15-23(19-33)17-24(16-22)20-33)36-26-3-1-12-38-13-2-4-28(30(42)43)39(38)29(26)41/h5-6,8-9,22-24,26-28,36H,1-4,7,10-20H2,(H,42,43)(H3,34,35,37)/t22?,23?,24?,26-,27-,28-,33?/m0/s1. The average Bonchev–Trinajstić information content (AvgIpc) is 3.16. The van der Waals surface area contributed by atoms with Gasteiger partial charge in [-0.05, 0) is 124 Å². The first-order valence-corrected chi connectivity index (χ1v) is 17.2. The number of carboxylic acids is 1. The number of nitro groups is 1. The number of nitrogens with one attached hydrogen (secondary N) is 2. The van der Waals surface area contributed by atoms with Crippen molar-refractivity contribution in [3.05, 3.63) is 39.9 Å². The van der Waals surface area contributed by atoms with Gasteiger partial charge in [0.25, 0.3) is 11.9 Å². The normalized spacial score (nSPS) is 31.1. The highest BCUT2D eigenvalue weighted by molar-refractivity contribution is 5.91. The summed E-state index contributed by atoms with van der Waals surface area (Å²) >= 11 is 0. The van der Waals surface area contributed by atoms with Crippen molar-refractivity contribution in [3.8, 4) is 0 Å². The van der Waals surface area contributed by atoms with Gasteiger partial charge in [0.2, 0.25) is 0 Å². The number of hydrogen-bond donors (Lipinski definition) is 4. The second kappa shape index (κ2) is 14.1. The van der Waals surface area contributed by atoms with Crippen LogP contribution in [-0.4, -0.2) is 81.8 Å². The van der Waals surface area contributed by atoms with Gasteiger partial charge in [-0.1, -0.05) is 12.1 Å². The Labute approximate surface area is 274 Å². The van der Waals surface area contributed by atoms with E-state index < -0.39 is 29.1 Å². The number of fused-ring (bicyclic) bond motifs is 1. The van der Waals surface area contributed by atoms with Gasteiger partial charge in [0.1, 0.15) is 17.2 Å². The van der Waals surface area contributed by atoms with E-state index >= 15 is 0 Å². The van der Waals surface area contributed by atoms with Gasteiger partial charge in [0.05, 0.1) is 12.6 Å². The number of amides is 1. The highest BCUT2D eigenvalue weighted by atomic mass is 16.7. The van der Waals surface area contributed by atoms with Crippen molar-refractivity contribution in [1.82, 2.24) is 15.3 Å². The Balaban J connectivity index is 1.12. The highest BCUT2D eigenvalue weighted by Gasteiger charge is 2.50. The predicted octanol–water partition coefficient (Wildman–Crippen LogP) is 3.10. The number of guanidine groups is 1. The minimum Gasteiger partial charge on any atom is -0.480 e. The molecular formula is C33H47N7O7. The molecule has 0 unspecified atom stereocenters. The van der Waals surface area contributed by atoms with Gasteiger partial charge >= 0.3 is 11.9 Å². The second-order valence-electron chi connectivity index (χ2n) is 14.5. The Kier molecular flexibility index (Phi) is 9.97. The van der Waals surface area contributed by atoms with Crippen LogP contribution in [0.25, 0.3) is 0 Å². The Morgan fingerprint density at radius 1 is 1.09 bits per heavy atom. The highest BCUT2D eigenvalue weighted by Crippen LogP contribution is 2.61. The quantitative estimate of drug-likeness (QED) is 0.0852. The van der Waals surface area contributed by atoms with E-state index in [1.54, 1.807) is 12.1 Å². The average molecular weight is 654 g/mol. The molecule has 2 aliphatic heterocycles. The molecule has 47 heavy (non-hydrogen) atoms. The number of hydrazine groups is 1. The second-order valence-corrected chi connectivity index (χ2v) is 14.5. The first-order valence-electron chi connectivity index (χ1n) is 17.2. The zero-order chi connectivity index (χ0) is 33.1. The molecule has 4 bridgehead atoms. The Hall–Kier alpha value is -3.78. The number of nitrogens with two attached hydrogens (primary N) is 1. The fourth-order valence-electron chi connectivity index (χ4n) is 9.45. The minimum absolute atomic E-state index is 0.280. The largest absolute Gasteiger partial charge is 0.480 e. The third-order valence-corrected chi connectivity index (χ3v) is 11.1. The number of aliphatic carboxylic acids is 1. The molecule has 6 aliphatic rings. The summed E-state index contributed by atoms with van der Waals surface area (Å²) in [5.41, 5.74) is 7.27. The predicted molar refractivity (Wildman–Crippen MR) is 172 cm³/mol. The number of benzene rings is 1. The lowest BCUT2D eigenvalue weighted by molar-refractivity contribution is -0.485. The summed E-state index contributed by atoms with van der Waals surface area (Å²) < 4.78 is 5.98. The van der Waals surface area contributed by atoms with Crippen LogP contribution in [0, 0.1) is 33.3 Å². The first-order chi connectivity index (χ1) is 22.6. The Bertz CT molecular complexity index is 1330. The lowest BCUT2D eigenvalue weighted by atomic mass is 9.49. The summed E-state index contributed by atoms with van der Waals surface area (Å²) in [4.78, 5) is 50.2. The van der Waals surface area contributed by atoms with E-state index in [1.807, 2.05) is 17.1 Å². The van der Waals surface area contributed by atoms with E-state index in [-0.39, 0.29) is 23.3 Å². The Morgan fingerprint density at radius 2 is 1.72 bits per heavy atom. The number of rotatable bonds is 12. The number of esters is 1. The molecule has 1 amide bonds. The van der Waals surface area contributed by atoms with Crippen LogP contribution in [0.15, 0.2) is 29.4 Å². The van der Waals surface area contributed by atoms with E-state index in [0.717, 1.165) is 29.7 Å². The van der Waals surface area contributed by atoms with Crippen molar-refractivity contribution in [1.29, 1.82) is 0 Å². The lowest BCUT2D eigenvalue weighted by Gasteiger charge is -2.57. The summed E-state index contributed by atoms with van der Waals surface area (Å²) in [6, 6.07) is 4.71. The fourth-order valence-corrected chi connectivity index (χ4v) is 9.45. The van der Waals surface area contributed by atoms with Crippen LogP contribution in [0.2, 0.25) is 0 Å². The number of hydrazone groups is 1. The number of ether oxygens (including phenoxy) is 1. The van der Waals surface area contributed by atoms with Crippen molar-refractivity contribution < 1.29 is 29.3 Å². The van der Waals surface area contributed by atoms with Crippen molar-refractivity contribution in [3.63, 3.8) is 0 Å². The minimum atomic E-state index is -1.02. The monoisotopic (exact) mass is 653 g/mol. The molecule has 0 spiro atoms. The number of carbonyl (C=O) groups is 3. The Morgan fingerprint density at radius 3 is 2.34 bits per heavy atom. The fraction of sp³-hybridized carbons (Fsp3) is 0.697. The summed E-state index contributed by atoms with van der Waals surface area (Å²) in [5.74, 6) is 0.381. The molecule has 2 saturated heterocycles. The summed E-state index contributed by atoms with van der Waals surface area (Å²) in [5, 5.41) is 31.8. The van der Waals surface area contributed by atoms with Crippen LogP contribution in [0.1, 0.15) is 82.6 Å². The summed E-state index contributed by atoms with van der Waals surface area (Å²) in [6.45, 7) is 1.58. The van der Waals surface area contributed by atoms with Gasteiger partial charge in [0.15, 0.2) is 5.03 Å². The molecule has 0 radical (unpaired) electrons. The number of nitrogens with zero attached hydrogens (tertiary/aromatic N) is 4. The zero-order valence-electron chi connectivity index (χ0n) is 26.9. The van der Waals surface area contributed by atoms with Crippen molar-refractivity contribution >= 4 is 29.5 Å². The molecule has 4 aliphatic carbocycles. The van der Waals surface area contributed by atoms with E-state index in [9.17, 15) is 29.6 Å². The molecule has 1 aromatic rings. The van der Waals surface area contributed by atoms with Crippen molar-refractivity contribution in [2.75, 3.05) is 25.0 Å². The molecule has 5 N–H and O–H groups in total. The molecule has 256 valence electrons. The smallest absolute Gasteiger partial charge is 0.328 e. The molecule has 0 aromatic heterocycles. The molecule has 6 fully saturated rings. The van der Waals surface area contributed by atoms with Crippen LogP contribution in [0.4, 0.5) is 5.69 Å². The number of anilines is 1. The van der Waals surface area contributed by atoms with Gasteiger partial charge in [-0.15, -0.1) is 0 Å². The maximum Gasteiger partial charge on any atom is 0.328 e. The molecule has 2 heterocycles. The van der Waals surface area contributed by atoms with Crippen LogP contribution in [0.5, 0.6) is 0 Å². The van der Waals surface area contributed by atoms with Gasteiger partial charge in [-0.2, -0.15) is 0 Å². The maximum atomic E-state index is 13.8. The number of hydrogen-bond acceptors (Lipinski definition) is 8. The van der Waals surface area contributed by atoms with Crippen LogP contribution in [0.3, 0.4) is 0 Å². The third kappa shape index (κ3) is 7.86. The van der Waals surface area contributed by atoms with Crippen molar-refractivity contribution in [2.24, 2.45) is 34.0 Å². The number of carboxylic acid groups (broad SMARTS) is 1. The first kappa shape index (κ1) is 33.1. The molecular weight excluding hydrogens is 606 g/mol. The number of carbonyl (C=O) groups excluding carboxylic acids is 2. The molecule has 7 rings (SSSR count). The topological polar surface area (TPSA) is 193 Å². The van der Waals surface area contributed by atoms with Crippen LogP contribution < -0.4 is 16.4 Å². The van der Waals surface area contributed by atoms with E-state index in [4.69, 9.17) is 10.5 Å². The van der Waals surface area contributed by atoms with Crippen LogP contribution in [-0.2, 0) is 25.5 Å². The SMILES string of the molecule is NC(=N[N+](=O)[O-])Nc1ccc(CC[C@H](N[C@H]2CCCN3CCC[C@@H](C(=O)O)N3C2=O)C(=O)OCCC23CC4CC(CC(C4)C2)C3)cc1. The third-order valence-electron chi connectivity index (χ3n) is 11.1. The molecule has 3 atom stereocenters. The summed E-state index contributed by atoms with van der Waals surface area (Å²) in [7, 11) is 0. The molecule has 4 saturated carbocycles. The molecule has 14 heteroatoms. The van der Waals surface area contributed by atoms with Gasteiger partial charge in [-0.3, -0.25) is 19.9 Å². The van der Waals surface area contributed by atoms with Crippen molar-refractivity contribution in [2.45, 2.75) is 102 Å². The zero-order valence-corrected chi connectivity index (χ0v) is 26.9. The van der Waals surface area contributed by atoms with E-state index in [1.165, 1.54) is 43.5 Å². The van der Waals surface area contributed by atoms with E-state index in [0.29, 0.717) is 63.9 Å². The van der Waals surface area contributed by atoms with Crippen LogP contribution >= 0.6 is 0 Å². The van der Waals surface area contributed by atoms with Gasteiger partial charge < -0.3 is 20.9 Å². The number of aryl methyl sites for hydroxylation is 1. The maximum absolute atomic E-state index is 13.8. The van der Waals surface area contributed by atoms with Gasteiger partial charge in [-0.25, -0.2) is 19.9 Å². The molecule has 1 aromatic carbocycles. The van der Waals surface area contributed by atoms with E-state index in [2.05, 4.69) is 15.7 Å².